The van der Waals surface area contributed by atoms with Crippen LogP contribution in [0.3, 0.4) is 0 Å². The summed E-state index contributed by atoms with van der Waals surface area (Å²) in [5.74, 6) is -2.48. The van der Waals surface area contributed by atoms with Gasteiger partial charge in [0.15, 0.2) is 0 Å². The van der Waals surface area contributed by atoms with Crippen LogP contribution in [0, 0.1) is 0 Å². The van der Waals surface area contributed by atoms with E-state index in [-0.39, 0.29) is 30.9 Å². The second kappa shape index (κ2) is 36.8. The van der Waals surface area contributed by atoms with Crippen LogP contribution in [-0.2, 0) is 23.9 Å². The van der Waals surface area contributed by atoms with Crippen molar-refractivity contribution in [3.05, 3.63) is 85.1 Å². The Bertz CT molecular complexity index is 1150. The molecule has 0 heterocycles. The first-order valence-corrected chi connectivity index (χ1v) is 19.5. The second-order valence-electron chi connectivity index (χ2n) is 12.6. The Kier molecular flexibility index (Phi) is 34.0. The van der Waals surface area contributed by atoms with Crippen LogP contribution in [0.25, 0.3) is 0 Å². The second-order valence-corrected chi connectivity index (χ2v) is 12.6. The van der Waals surface area contributed by atoms with Gasteiger partial charge in [0.05, 0.1) is 13.2 Å². The molecule has 0 aromatic heterocycles. The quantitative estimate of drug-likeness (QED) is 0.0301. The molecule has 0 aliphatic heterocycles. The molecule has 0 saturated carbocycles. The maximum Gasteiger partial charge on any atom is 0.328 e. The Morgan fingerprint density at radius 1 is 0.615 bits per heavy atom. The number of hydrogen-bond donors (Lipinski definition) is 4. The molecule has 292 valence electrons. The highest BCUT2D eigenvalue weighted by molar-refractivity contribution is 5.87. The van der Waals surface area contributed by atoms with Crippen LogP contribution < -0.4 is 10.6 Å². The summed E-state index contributed by atoms with van der Waals surface area (Å²) < 4.78 is 5.80. The van der Waals surface area contributed by atoms with Crippen molar-refractivity contribution in [2.75, 3.05) is 13.2 Å². The van der Waals surface area contributed by atoms with Gasteiger partial charge in [0, 0.05) is 12.8 Å². The highest BCUT2D eigenvalue weighted by Crippen LogP contribution is 2.14. The number of allylic oxidation sites excluding steroid dienone is 13. The summed E-state index contributed by atoms with van der Waals surface area (Å²) in [7, 11) is 0. The molecule has 9 nitrogen and oxygen atoms in total. The minimum Gasteiger partial charge on any atom is -0.480 e. The Hall–Kier alpha value is -3.98. The van der Waals surface area contributed by atoms with E-state index in [1.807, 2.05) is 6.08 Å². The van der Waals surface area contributed by atoms with E-state index in [9.17, 15) is 19.2 Å². The molecule has 0 spiro atoms. The molecule has 52 heavy (non-hydrogen) atoms. The van der Waals surface area contributed by atoms with Crippen LogP contribution in [0.4, 0.5) is 0 Å². The van der Waals surface area contributed by atoms with Gasteiger partial charge in [0.25, 0.3) is 0 Å². The molecule has 0 aliphatic rings. The summed E-state index contributed by atoms with van der Waals surface area (Å²) in [5.41, 5.74) is 0. The molecule has 0 aliphatic carbocycles. The van der Waals surface area contributed by atoms with Crippen molar-refractivity contribution < 1.29 is 34.1 Å². The first-order chi connectivity index (χ1) is 25.3. The van der Waals surface area contributed by atoms with Crippen LogP contribution >= 0.6 is 0 Å². The summed E-state index contributed by atoms with van der Waals surface area (Å²) in [6.07, 6.45) is 46.6. The summed E-state index contributed by atoms with van der Waals surface area (Å²) in [6, 6.07) is -1.40. The van der Waals surface area contributed by atoms with Gasteiger partial charge in [-0.05, 0) is 89.5 Å². The Morgan fingerprint density at radius 3 is 1.71 bits per heavy atom. The molecule has 0 radical (unpaired) electrons. The number of aliphatic hydroxyl groups is 1. The number of ether oxygens (including phenoxy) is 1. The van der Waals surface area contributed by atoms with Crippen molar-refractivity contribution in [3.8, 4) is 0 Å². The van der Waals surface area contributed by atoms with Gasteiger partial charge in [-0.1, -0.05) is 119 Å². The average molecular weight is 725 g/mol. The molecular weight excluding hydrogens is 656 g/mol. The maximum atomic E-state index is 12.6. The predicted octanol–water partition coefficient (Wildman–Crippen LogP) is 8.92. The van der Waals surface area contributed by atoms with Crippen molar-refractivity contribution in [3.63, 3.8) is 0 Å². The number of carboxylic acid groups (broad SMARTS) is 1. The lowest BCUT2D eigenvalue weighted by molar-refractivity contribution is -0.147. The monoisotopic (exact) mass is 725 g/mol. The van der Waals surface area contributed by atoms with Gasteiger partial charge in [-0.2, -0.15) is 0 Å². The average Bonchev–Trinajstić information content (AvgIpc) is 3.13. The van der Waals surface area contributed by atoms with Gasteiger partial charge < -0.3 is 25.6 Å². The molecule has 4 N–H and O–H groups in total. The standard InChI is InChI=1S/C43H68N2O7/c1-3-5-7-9-10-11-12-13-14-15-16-17-18-19-20-21-22-23-24-25-31-35-42(49)52-38(32-28-8-6-4-2)33-29-26-27-30-34-40(47)44-36-41(48)45-39(37-46)43(50)51/h5,7,10-11,13-14,16-17,19-20,22-23,28,32,38-39,46H,3-4,6,8-9,12,15,18,21,24-27,29-31,33-37H2,1-2H3,(H,44,47)(H,45,48)(H,50,51)/b7-5-,11-10-,14-13-,17-16-,20-19-,23-22-,32-28-. The highest BCUT2D eigenvalue weighted by atomic mass is 16.5. The zero-order valence-corrected chi connectivity index (χ0v) is 32.0. The fraction of sp³-hybridized carbons (Fsp3) is 0.581. The molecule has 2 amide bonds. The Morgan fingerprint density at radius 2 is 1.15 bits per heavy atom. The molecule has 0 aromatic carbocycles. The Balaban J connectivity index is 4.14. The highest BCUT2D eigenvalue weighted by Gasteiger charge is 2.18. The number of esters is 1. The van der Waals surface area contributed by atoms with E-state index >= 15 is 0 Å². The van der Waals surface area contributed by atoms with E-state index in [4.69, 9.17) is 14.9 Å². The van der Waals surface area contributed by atoms with Crippen LogP contribution in [0.5, 0.6) is 0 Å². The van der Waals surface area contributed by atoms with E-state index in [0.29, 0.717) is 12.8 Å². The largest absolute Gasteiger partial charge is 0.480 e. The number of aliphatic hydroxyl groups excluding tert-OH is 1. The van der Waals surface area contributed by atoms with Crippen molar-refractivity contribution in [2.45, 2.75) is 148 Å². The third-order valence-corrected chi connectivity index (χ3v) is 7.86. The molecule has 0 fully saturated rings. The molecule has 0 aromatic rings. The number of rotatable bonds is 33. The first kappa shape index (κ1) is 48.0. The number of carboxylic acids is 1. The van der Waals surface area contributed by atoms with E-state index < -0.39 is 24.5 Å². The van der Waals surface area contributed by atoms with Crippen molar-refractivity contribution in [1.29, 1.82) is 0 Å². The first-order valence-electron chi connectivity index (χ1n) is 19.5. The van der Waals surface area contributed by atoms with E-state index in [0.717, 1.165) is 103 Å². The number of carbonyl (C=O) groups excluding carboxylic acids is 3. The SMILES string of the molecule is CC/C=C\C/C=C\C/C=C\C/C=C\C/C=C\C/C=C\CCCCC(=O)OC(/C=C\CCCC)CCCCCCC(=O)NCC(=O)NC(CO)C(=O)O. The lowest BCUT2D eigenvalue weighted by Crippen LogP contribution is -2.47. The van der Waals surface area contributed by atoms with Crippen LogP contribution in [-0.4, -0.2) is 59.3 Å². The van der Waals surface area contributed by atoms with Crippen LogP contribution in [0.2, 0.25) is 0 Å². The third kappa shape index (κ3) is 33.2. The van der Waals surface area contributed by atoms with Gasteiger partial charge in [-0.15, -0.1) is 0 Å². The van der Waals surface area contributed by atoms with Gasteiger partial charge in [0.1, 0.15) is 12.1 Å². The fourth-order valence-corrected chi connectivity index (χ4v) is 4.85. The number of amides is 2. The zero-order valence-electron chi connectivity index (χ0n) is 32.0. The number of hydrogen-bond acceptors (Lipinski definition) is 6. The fourth-order valence-electron chi connectivity index (χ4n) is 4.85. The molecule has 0 bridgehead atoms. The molecule has 0 saturated heterocycles. The normalized spacial score (nSPS) is 13.4. The topological polar surface area (TPSA) is 142 Å². The van der Waals surface area contributed by atoms with E-state index in [2.05, 4.69) is 103 Å². The van der Waals surface area contributed by atoms with Crippen molar-refractivity contribution in [1.82, 2.24) is 10.6 Å². The minimum absolute atomic E-state index is 0.165. The summed E-state index contributed by atoms with van der Waals surface area (Å²) in [4.78, 5) is 47.2. The lowest BCUT2D eigenvalue weighted by atomic mass is 10.1. The van der Waals surface area contributed by atoms with Crippen LogP contribution in [0.1, 0.15) is 136 Å². The Labute approximate surface area is 314 Å². The molecule has 2 atom stereocenters. The molecular formula is C43H68N2O7. The summed E-state index contributed by atoms with van der Waals surface area (Å²) in [6.45, 7) is 3.22. The molecule has 2 unspecified atom stereocenters. The van der Waals surface area contributed by atoms with Gasteiger partial charge in [-0.25, -0.2) is 4.79 Å². The molecule has 0 rings (SSSR count). The number of carbonyl (C=O) groups is 4. The van der Waals surface area contributed by atoms with E-state index in [1.54, 1.807) is 0 Å². The third-order valence-electron chi connectivity index (χ3n) is 7.86. The predicted molar refractivity (Wildman–Crippen MR) is 213 cm³/mol. The summed E-state index contributed by atoms with van der Waals surface area (Å²) in [5, 5.41) is 22.4. The number of aliphatic carboxylic acids is 1. The van der Waals surface area contributed by atoms with Crippen molar-refractivity contribution >= 4 is 23.8 Å². The maximum absolute atomic E-state index is 12.6. The summed E-state index contributed by atoms with van der Waals surface area (Å²) >= 11 is 0. The van der Waals surface area contributed by atoms with Gasteiger partial charge in [-0.3, -0.25) is 14.4 Å². The molecule has 9 heteroatoms. The number of unbranched alkanes of at least 4 members (excludes halogenated alkanes) is 7. The van der Waals surface area contributed by atoms with Crippen molar-refractivity contribution in [2.24, 2.45) is 0 Å². The van der Waals surface area contributed by atoms with Gasteiger partial charge >= 0.3 is 11.9 Å². The number of nitrogens with one attached hydrogen (secondary N) is 2. The lowest BCUT2D eigenvalue weighted by Gasteiger charge is -2.15. The zero-order chi connectivity index (χ0) is 38.3. The van der Waals surface area contributed by atoms with E-state index in [1.165, 1.54) is 0 Å². The smallest absolute Gasteiger partial charge is 0.328 e. The minimum atomic E-state index is -1.40. The van der Waals surface area contributed by atoms with Crippen LogP contribution in [0.15, 0.2) is 85.1 Å². The van der Waals surface area contributed by atoms with Gasteiger partial charge in [0.2, 0.25) is 11.8 Å².